The van der Waals surface area contributed by atoms with Gasteiger partial charge < -0.3 is 10.5 Å². The molecule has 2 rings (SSSR count). The Labute approximate surface area is 106 Å². The van der Waals surface area contributed by atoms with Gasteiger partial charge in [0, 0.05) is 25.7 Å². The number of ether oxygens (including phenoxy) is 1. The summed E-state index contributed by atoms with van der Waals surface area (Å²) in [5.74, 6) is 1.65. The van der Waals surface area contributed by atoms with Gasteiger partial charge in [0.05, 0.1) is 6.61 Å². The van der Waals surface area contributed by atoms with E-state index in [0.717, 1.165) is 31.6 Å². The van der Waals surface area contributed by atoms with E-state index < -0.39 is 0 Å². The lowest BCUT2D eigenvalue weighted by Gasteiger charge is -2.41. The first kappa shape index (κ1) is 13.3. The maximum Gasteiger partial charge on any atom is 0.0506 e. The fourth-order valence-corrected chi connectivity index (χ4v) is 3.32. The Balaban J connectivity index is 1.82. The average Bonchev–Trinajstić information content (AvgIpc) is 2.40. The van der Waals surface area contributed by atoms with Gasteiger partial charge in [0.1, 0.15) is 0 Å². The summed E-state index contributed by atoms with van der Waals surface area (Å²) in [7, 11) is 0. The van der Waals surface area contributed by atoms with Gasteiger partial charge in [-0.2, -0.15) is 0 Å². The average molecular weight is 240 g/mol. The molecular formula is C14H28N2O. The normalized spacial score (nSPS) is 36.0. The van der Waals surface area contributed by atoms with Crippen molar-refractivity contribution in [3.63, 3.8) is 0 Å². The van der Waals surface area contributed by atoms with Crippen molar-refractivity contribution in [2.75, 3.05) is 32.8 Å². The largest absolute Gasteiger partial charge is 0.381 e. The molecule has 100 valence electrons. The standard InChI is InChI=1S/C14H28N2O/c1-2-12-5-6-16(14(8-12)9-15)10-13-4-3-7-17-11-13/h12-14H,2-11,15H2,1H3. The van der Waals surface area contributed by atoms with E-state index in [4.69, 9.17) is 10.5 Å². The number of rotatable bonds is 4. The molecule has 0 spiro atoms. The van der Waals surface area contributed by atoms with Crippen LogP contribution in [0.3, 0.4) is 0 Å². The fourth-order valence-electron chi connectivity index (χ4n) is 3.32. The summed E-state index contributed by atoms with van der Waals surface area (Å²) >= 11 is 0. The maximum absolute atomic E-state index is 5.94. The van der Waals surface area contributed by atoms with Crippen molar-refractivity contribution in [3.8, 4) is 0 Å². The van der Waals surface area contributed by atoms with Gasteiger partial charge in [-0.1, -0.05) is 13.3 Å². The van der Waals surface area contributed by atoms with E-state index >= 15 is 0 Å². The Kier molecular flexibility index (Phi) is 5.26. The lowest BCUT2D eigenvalue weighted by molar-refractivity contribution is 0.0194. The fraction of sp³-hybridized carbons (Fsp3) is 1.00. The van der Waals surface area contributed by atoms with E-state index in [-0.39, 0.29) is 0 Å². The molecule has 3 unspecified atom stereocenters. The highest BCUT2D eigenvalue weighted by atomic mass is 16.5. The minimum atomic E-state index is 0.621. The molecule has 17 heavy (non-hydrogen) atoms. The molecule has 2 saturated heterocycles. The molecule has 0 aromatic carbocycles. The van der Waals surface area contributed by atoms with Gasteiger partial charge in [-0.05, 0) is 44.1 Å². The van der Waals surface area contributed by atoms with E-state index in [1.165, 1.54) is 45.2 Å². The Morgan fingerprint density at radius 1 is 1.29 bits per heavy atom. The molecule has 2 aliphatic rings. The van der Waals surface area contributed by atoms with E-state index in [2.05, 4.69) is 11.8 Å². The van der Waals surface area contributed by atoms with Gasteiger partial charge in [-0.3, -0.25) is 4.90 Å². The Hall–Kier alpha value is -0.120. The van der Waals surface area contributed by atoms with Gasteiger partial charge in [-0.25, -0.2) is 0 Å². The zero-order valence-corrected chi connectivity index (χ0v) is 11.2. The summed E-state index contributed by atoms with van der Waals surface area (Å²) < 4.78 is 5.58. The van der Waals surface area contributed by atoms with Crippen molar-refractivity contribution in [1.82, 2.24) is 4.90 Å². The second-order valence-electron chi connectivity index (χ2n) is 5.77. The van der Waals surface area contributed by atoms with Crippen LogP contribution in [-0.4, -0.2) is 43.8 Å². The molecule has 0 aliphatic carbocycles. The number of hydrogen-bond donors (Lipinski definition) is 1. The maximum atomic E-state index is 5.94. The minimum Gasteiger partial charge on any atom is -0.381 e. The van der Waals surface area contributed by atoms with Crippen LogP contribution in [0.2, 0.25) is 0 Å². The molecule has 0 amide bonds. The Morgan fingerprint density at radius 2 is 2.18 bits per heavy atom. The molecular weight excluding hydrogens is 212 g/mol. The Morgan fingerprint density at radius 3 is 2.82 bits per heavy atom. The quantitative estimate of drug-likeness (QED) is 0.815. The monoisotopic (exact) mass is 240 g/mol. The lowest BCUT2D eigenvalue weighted by Crippen LogP contribution is -2.49. The van der Waals surface area contributed by atoms with Crippen LogP contribution in [0.15, 0.2) is 0 Å². The molecule has 0 radical (unpaired) electrons. The van der Waals surface area contributed by atoms with E-state index in [1.54, 1.807) is 0 Å². The molecule has 3 heteroatoms. The van der Waals surface area contributed by atoms with Gasteiger partial charge in [0.15, 0.2) is 0 Å². The smallest absolute Gasteiger partial charge is 0.0506 e. The lowest BCUT2D eigenvalue weighted by atomic mass is 9.88. The topological polar surface area (TPSA) is 38.5 Å². The first-order valence-electron chi connectivity index (χ1n) is 7.35. The summed E-state index contributed by atoms with van der Waals surface area (Å²) in [5, 5.41) is 0. The first-order chi connectivity index (χ1) is 8.33. The molecule has 2 fully saturated rings. The van der Waals surface area contributed by atoms with Crippen molar-refractivity contribution in [2.45, 2.75) is 45.1 Å². The van der Waals surface area contributed by atoms with E-state index in [0.29, 0.717) is 6.04 Å². The van der Waals surface area contributed by atoms with Crippen LogP contribution in [0.1, 0.15) is 39.0 Å². The number of likely N-dealkylation sites (tertiary alicyclic amines) is 1. The SMILES string of the molecule is CCC1CCN(CC2CCCOC2)C(CN)C1. The van der Waals surface area contributed by atoms with Gasteiger partial charge in [-0.15, -0.1) is 0 Å². The van der Waals surface area contributed by atoms with Crippen molar-refractivity contribution in [2.24, 2.45) is 17.6 Å². The van der Waals surface area contributed by atoms with Crippen molar-refractivity contribution < 1.29 is 4.74 Å². The summed E-state index contributed by atoms with van der Waals surface area (Å²) in [6.45, 7) is 7.52. The molecule has 2 N–H and O–H groups in total. The van der Waals surface area contributed by atoms with Crippen LogP contribution in [0.4, 0.5) is 0 Å². The third-order valence-electron chi connectivity index (χ3n) is 4.54. The summed E-state index contributed by atoms with van der Waals surface area (Å²) in [6.07, 6.45) is 6.56. The van der Waals surface area contributed by atoms with E-state index in [1.807, 2.05) is 0 Å². The summed E-state index contributed by atoms with van der Waals surface area (Å²) in [4.78, 5) is 2.63. The molecule has 0 aromatic rings. The third-order valence-corrected chi connectivity index (χ3v) is 4.54. The van der Waals surface area contributed by atoms with Gasteiger partial charge in [0.25, 0.3) is 0 Å². The molecule has 2 heterocycles. The predicted octanol–water partition coefficient (Wildman–Crippen LogP) is 1.86. The molecule has 3 nitrogen and oxygen atoms in total. The summed E-state index contributed by atoms with van der Waals surface area (Å²) in [6, 6.07) is 0.621. The Bertz CT molecular complexity index is 216. The summed E-state index contributed by atoms with van der Waals surface area (Å²) in [5.41, 5.74) is 5.94. The molecule has 2 aliphatic heterocycles. The minimum absolute atomic E-state index is 0.621. The van der Waals surface area contributed by atoms with Crippen molar-refractivity contribution in [1.29, 1.82) is 0 Å². The van der Waals surface area contributed by atoms with Crippen LogP contribution in [-0.2, 0) is 4.74 Å². The third kappa shape index (κ3) is 3.67. The number of nitrogens with zero attached hydrogens (tertiary/aromatic N) is 1. The molecule has 3 atom stereocenters. The highest BCUT2D eigenvalue weighted by Gasteiger charge is 2.28. The van der Waals surface area contributed by atoms with Crippen molar-refractivity contribution >= 4 is 0 Å². The van der Waals surface area contributed by atoms with Crippen LogP contribution in [0.25, 0.3) is 0 Å². The number of piperidine rings is 1. The second kappa shape index (κ2) is 6.72. The van der Waals surface area contributed by atoms with Crippen LogP contribution < -0.4 is 5.73 Å². The number of nitrogens with two attached hydrogens (primary N) is 1. The first-order valence-corrected chi connectivity index (χ1v) is 7.35. The van der Waals surface area contributed by atoms with Crippen LogP contribution in [0, 0.1) is 11.8 Å². The molecule has 0 bridgehead atoms. The second-order valence-corrected chi connectivity index (χ2v) is 5.77. The van der Waals surface area contributed by atoms with E-state index in [9.17, 15) is 0 Å². The highest BCUT2D eigenvalue weighted by Crippen LogP contribution is 2.26. The molecule has 0 aromatic heterocycles. The van der Waals surface area contributed by atoms with Crippen molar-refractivity contribution in [3.05, 3.63) is 0 Å². The van der Waals surface area contributed by atoms with Crippen LogP contribution >= 0.6 is 0 Å². The zero-order chi connectivity index (χ0) is 12.1. The van der Waals surface area contributed by atoms with Gasteiger partial charge >= 0.3 is 0 Å². The van der Waals surface area contributed by atoms with Gasteiger partial charge in [0.2, 0.25) is 0 Å². The zero-order valence-electron chi connectivity index (χ0n) is 11.2. The number of hydrogen-bond acceptors (Lipinski definition) is 3. The van der Waals surface area contributed by atoms with Crippen LogP contribution in [0.5, 0.6) is 0 Å². The highest BCUT2D eigenvalue weighted by molar-refractivity contribution is 4.83. The molecule has 0 saturated carbocycles. The predicted molar refractivity (Wildman–Crippen MR) is 71.0 cm³/mol.